The van der Waals surface area contributed by atoms with E-state index >= 15 is 0 Å². The molecule has 3 aromatic carbocycles. The Morgan fingerprint density at radius 1 is 1.05 bits per heavy atom. The van der Waals surface area contributed by atoms with Crippen molar-refractivity contribution in [2.45, 2.75) is 77.9 Å². The van der Waals surface area contributed by atoms with Gasteiger partial charge in [-0.25, -0.2) is 4.79 Å². The van der Waals surface area contributed by atoms with Gasteiger partial charge >= 0.3 is 5.97 Å². The van der Waals surface area contributed by atoms with Gasteiger partial charge < -0.3 is 35.8 Å². The average molecular weight is 756 g/mol. The van der Waals surface area contributed by atoms with Crippen LogP contribution >= 0.6 is 0 Å². The van der Waals surface area contributed by atoms with E-state index in [1.807, 2.05) is 61.5 Å². The largest absolute Gasteiger partial charge is 0.496 e. The zero-order valence-corrected chi connectivity index (χ0v) is 33.3. The SMILES string of the molecule is CNC(=O)c1cc(-c2cccc(CN3O[C@@H](CNCc4cccc(C(=O)O)c4)[C@@H]([C@H](C)O)[C@H]3C(=O)N[C@H]3C[C@H]4C[C@H]([C@@H]3C)C4(C)C)c2OC)cc(N(C)C)c1. The molecule has 296 valence electrons. The van der Waals surface area contributed by atoms with Crippen LogP contribution in [-0.2, 0) is 22.7 Å². The Balaban J connectivity index is 1.31. The number of carbonyl (C=O) groups excluding carboxylic acids is 2. The number of carbonyl (C=O) groups is 3. The number of methoxy groups -OCH3 is 1. The van der Waals surface area contributed by atoms with Crippen LogP contribution in [0.15, 0.2) is 60.7 Å². The Hall–Kier alpha value is -4.49. The summed E-state index contributed by atoms with van der Waals surface area (Å²) >= 11 is 0. The summed E-state index contributed by atoms with van der Waals surface area (Å²) in [5, 5.41) is 32.0. The third-order valence-electron chi connectivity index (χ3n) is 12.6. The molecule has 12 heteroatoms. The number of amides is 2. The summed E-state index contributed by atoms with van der Waals surface area (Å²) in [5.41, 5.74) is 4.97. The summed E-state index contributed by atoms with van der Waals surface area (Å²) in [6, 6.07) is 17.4. The van der Waals surface area contributed by atoms with E-state index in [-0.39, 0.29) is 35.4 Å². The maximum atomic E-state index is 14.6. The number of aliphatic hydroxyl groups excluding tert-OH is 1. The van der Waals surface area contributed by atoms with Crippen LogP contribution in [-0.4, -0.2) is 92.1 Å². The topological polar surface area (TPSA) is 153 Å². The molecule has 3 aliphatic carbocycles. The molecule has 3 aromatic rings. The molecule has 4 fully saturated rings. The van der Waals surface area contributed by atoms with Gasteiger partial charge in [-0.3, -0.25) is 14.4 Å². The fourth-order valence-corrected chi connectivity index (χ4v) is 9.32. The van der Waals surface area contributed by atoms with Gasteiger partial charge in [0.05, 0.1) is 31.4 Å². The summed E-state index contributed by atoms with van der Waals surface area (Å²) in [6.45, 7) is 9.48. The zero-order chi connectivity index (χ0) is 39.8. The number of hydrogen-bond acceptors (Lipinski definition) is 9. The molecule has 0 aromatic heterocycles. The van der Waals surface area contributed by atoms with Crippen LogP contribution in [0.5, 0.6) is 5.75 Å². The van der Waals surface area contributed by atoms with Crippen LogP contribution in [0.4, 0.5) is 5.69 Å². The molecule has 7 rings (SSSR count). The first-order valence-corrected chi connectivity index (χ1v) is 19.3. The highest BCUT2D eigenvalue weighted by molar-refractivity contribution is 5.97. The summed E-state index contributed by atoms with van der Waals surface area (Å²) in [5.74, 6) is 0.0419. The highest BCUT2D eigenvalue weighted by Gasteiger charge is 2.57. The minimum Gasteiger partial charge on any atom is -0.496 e. The Morgan fingerprint density at radius 3 is 2.44 bits per heavy atom. The molecule has 1 saturated heterocycles. The number of hydrogen-bond donors (Lipinski definition) is 5. The first-order valence-electron chi connectivity index (χ1n) is 19.3. The van der Waals surface area contributed by atoms with Crippen molar-refractivity contribution in [2.24, 2.45) is 29.1 Å². The molecule has 1 aliphatic heterocycles. The Labute approximate surface area is 324 Å². The lowest BCUT2D eigenvalue weighted by molar-refractivity contribution is -0.176. The molecule has 55 heavy (non-hydrogen) atoms. The third kappa shape index (κ3) is 8.09. The van der Waals surface area contributed by atoms with E-state index in [1.165, 1.54) is 6.42 Å². The van der Waals surface area contributed by atoms with Gasteiger partial charge in [-0.1, -0.05) is 51.1 Å². The van der Waals surface area contributed by atoms with Crippen molar-refractivity contribution in [3.8, 4) is 16.9 Å². The minimum absolute atomic E-state index is 0.0239. The number of ether oxygens (including phenoxy) is 1. The highest BCUT2D eigenvalue weighted by atomic mass is 16.7. The van der Waals surface area contributed by atoms with Crippen molar-refractivity contribution in [3.05, 3.63) is 82.9 Å². The molecule has 2 amide bonds. The molecule has 1 heterocycles. The number of carboxylic acids is 1. The number of anilines is 1. The van der Waals surface area contributed by atoms with Gasteiger partial charge in [0.15, 0.2) is 0 Å². The molecule has 4 aliphatic rings. The number of aliphatic hydroxyl groups is 1. The Kier molecular flexibility index (Phi) is 11.9. The number of nitrogens with zero attached hydrogens (tertiary/aromatic N) is 2. The van der Waals surface area contributed by atoms with Gasteiger partial charge in [0.25, 0.3) is 5.91 Å². The van der Waals surface area contributed by atoms with E-state index in [9.17, 15) is 24.6 Å². The predicted octanol–water partition coefficient (Wildman–Crippen LogP) is 4.94. The standard InChI is InChI=1S/C43H57N5O7/c1-24-34-19-31(43(34,3)4)20-35(24)46-41(51)38-37(25(2)49)36(22-45-21-26-11-9-12-27(15-26)42(52)53)55-48(38)23-28-13-10-14-33(39(28)54-8)29-16-30(40(50)44-5)18-32(17-29)47(6)7/h9-18,24-25,31,34-38,45,49H,19-23H2,1-8H3,(H,44,50)(H,46,51)(H,52,53)/t24-,25-,31+,34+,35-,36-,37+,38-/m0/s1. The van der Waals surface area contributed by atoms with Crippen molar-refractivity contribution in [3.63, 3.8) is 0 Å². The third-order valence-corrected chi connectivity index (χ3v) is 12.6. The molecule has 5 N–H and O–H groups in total. The first-order chi connectivity index (χ1) is 26.1. The van der Waals surface area contributed by atoms with Crippen LogP contribution in [0.1, 0.15) is 72.4 Å². The number of hydroxylamine groups is 2. The molecule has 0 radical (unpaired) electrons. The normalized spacial score (nSPS) is 26.1. The fraction of sp³-hybridized carbons (Fsp3) is 0.512. The maximum absolute atomic E-state index is 14.6. The van der Waals surface area contributed by atoms with E-state index in [4.69, 9.17) is 9.57 Å². The average Bonchev–Trinajstić information content (AvgIpc) is 3.52. The van der Waals surface area contributed by atoms with Crippen molar-refractivity contribution < 1.29 is 34.2 Å². The van der Waals surface area contributed by atoms with Gasteiger partial charge in [-0.2, -0.15) is 5.06 Å². The van der Waals surface area contributed by atoms with Crippen molar-refractivity contribution >= 4 is 23.5 Å². The van der Waals surface area contributed by atoms with Crippen LogP contribution in [0.25, 0.3) is 11.1 Å². The lowest BCUT2D eigenvalue weighted by atomic mass is 9.45. The molecular weight excluding hydrogens is 699 g/mol. The minimum atomic E-state index is -0.996. The number of nitrogens with one attached hydrogen (secondary N) is 3. The first kappa shape index (κ1) is 40.2. The highest BCUT2D eigenvalue weighted by Crippen LogP contribution is 2.61. The predicted molar refractivity (Wildman–Crippen MR) is 212 cm³/mol. The van der Waals surface area contributed by atoms with Gasteiger partial charge in [0.1, 0.15) is 11.8 Å². The van der Waals surface area contributed by atoms with Crippen molar-refractivity contribution in [1.82, 2.24) is 21.0 Å². The smallest absolute Gasteiger partial charge is 0.335 e. The van der Waals surface area contributed by atoms with Crippen LogP contribution < -0.4 is 25.6 Å². The number of rotatable bonds is 14. The van der Waals surface area contributed by atoms with Gasteiger partial charge in [0, 0.05) is 68.6 Å². The second-order valence-electron chi connectivity index (χ2n) is 16.4. The number of carboxylic acid groups (broad SMARTS) is 1. The molecule has 0 unspecified atom stereocenters. The van der Waals surface area contributed by atoms with E-state index in [0.717, 1.165) is 34.4 Å². The van der Waals surface area contributed by atoms with Gasteiger partial charge in [-0.05, 0) is 84.4 Å². The summed E-state index contributed by atoms with van der Waals surface area (Å²) in [6.07, 6.45) is 0.653. The van der Waals surface area contributed by atoms with Crippen molar-refractivity contribution in [1.29, 1.82) is 0 Å². The second kappa shape index (κ2) is 16.3. The zero-order valence-electron chi connectivity index (χ0n) is 33.3. The Morgan fingerprint density at radius 2 is 1.80 bits per heavy atom. The molecule has 2 bridgehead atoms. The summed E-state index contributed by atoms with van der Waals surface area (Å²) in [7, 11) is 7.05. The molecular formula is C43H57N5O7. The van der Waals surface area contributed by atoms with E-state index in [0.29, 0.717) is 42.2 Å². The lowest BCUT2D eigenvalue weighted by Gasteiger charge is -2.62. The number of benzene rings is 3. The van der Waals surface area contributed by atoms with Gasteiger partial charge in [0.2, 0.25) is 5.91 Å². The van der Waals surface area contributed by atoms with Crippen LogP contribution in [0, 0.1) is 29.1 Å². The van der Waals surface area contributed by atoms with Crippen molar-refractivity contribution in [2.75, 3.05) is 39.7 Å². The summed E-state index contributed by atoms with van der Waals surface area (Å²) < 4.78 is 6.08. The lowest BCUT2D eigenvalue weighted by Crippen LogP contribution is -2.62. The molecule has 3 saturated carbocycles. The fourth-order valence-electron chi connectivity index (χ4n) is 9.32. The van der Waals surface area contributed by atoms with E-state index < -0.39 is 30.1 Å². The maximum Gasteiger partial charge on any atom is 0.335 e. The quantitative estimate of drug-likeness (QED) is 0.153. The van der Waals surface area contributed by atoms with Gasteiger partial charge in [-0.15, -0.1) is 0 Å². The van der Waals surface area contributed by atoms with Crippen LogP contribution in [0.2, 0.25) is 0 Å². The number of para-hydroxylation sites is 1. The number of fused-ring (bicyclic) bond motifs is 2. The summed E-state index contributed by atoms with van der Waals surface area (Å²) in [4.78, 5) is 47.5. The molecule has 8 atom stereocenters. The Bertz CT molecular complexity index is 1900. The molecule has 0 spiro atoms. The van der Waals surface area contributed by atoms with Crippen LogP contribution in [0.3, 0.4) is 0 Å². The second-order valence-corrected chi connectivity index (χ2v) is 16.4. The van der Waals surface area contributed by atoms with E-state index in [2.05, 4.69) is 36.7 Å². The number of aromatic carboxylic acids is 1. The molecule has 12 nitrogen and oxygen atoms in total. The monoisotopic (exact) mass is 755 g/mol. The van der Waals surface area contributed by atoms with E-state index in [1.54, 1.807) is 44.3 Å².